The van der Waals surface area contributed by atoms with Gasteiger partial charge in [0.1, 0.15) is 11.5 Å². The zero-order chi connectivity index (χ0) is 26.9. The molecular weight excluding hydrogens is 486 g/mol. The van der Waals surface area contributed by atoms with Crippen LogP contribution in [0.3, 0.4) is 0 Å². The maximum atomic E-state index is 14.4. The summed E-state index contributed by atoms with van der Waals surface area (Å²) in [7, 11) is 0. The van der Waals surface area contributed by atoms with Crippen LogP contribution in [0.25, 0.3) is 0 Å². The number of hydrogen-bond acceptors (Lipinski definition) is 4. The van der Waals surface area contributed by atoms with Crippen LogP contribution in [0.1, 0.15) is 111 Å². The SMILES string of the molecule is C/C=C/C(F)(F)C1(CNC(=O)CN2C3CC[C@@H]2CC(CCCCC(=O)c2c(C)oc4c2CCCC4)C3)CC1. The molecule has 0 radical (unpaired) electrons. The quantitative estimate of drug-likeness (QED) is 0.189. The van der Waals surface area contributed by atoms with E-state index < -0.39 is 11.3 Å². The molecule has 7 heteroatoms. The number of Topliss-reactive ketones (excluding diaryl/α,β-unsaturated/α-hetero) is 1. The second-order valence-electron chi connectivity index (χ2n) is 12.4. The number of alkyl halides is 2. The lowest BCUT2D eigenvalue weighted by Crippen LogP contribution is -2.49. The molecule has 1 amide bonds. The van der Waals surface area contributed by atoms with Crippen molar-refractivity contribution < 1.29 is 22.8 Å². The topological polar surface area (TPSA) is 62.6 Å². The molecule has 3 heterocycles. The summed E-state index contributed by atoms with van der Waals surface area (Å²) in [5.41, 5.74) is 0.936. The molecule has 3 atom stereocenters. The van der Waals surface area contributed by atoms with Gasteiger partial charge in [-0.25, -0.2) is 8.78 Å². The molecule has 1 aromatic rings. The summed E-state index contributed by atoms with van der Waals surface area (Å²) in [5, 5.41) is 2.83. The van der Waals surface area contributed by atoms with Crippen LogP contribution in [0.4, 0.5) is 8.78 Å². The third-order valence-corrected chi connectivity index (χ3v) is 9.76. The van der Waals surface area contributed by atoms with Gasteiger partial charge in [-0.05, 0) is 90.0 Å². The Morgan fingerprint density at radius 1 is 1.13 bits per heavy atom. The zero-order valence-electron chi connectivity index (χ0n) is 23.1. The molecule has 2 aliphatic heterocycles. The molecule has 4 aliphatic rings. The molecule has 1 N–H and O–H groups in total. The summed E-state index contributed by atoms with van der Waals surface area (Å²) in [6.07, 6.45) is 15.6. The molecule has 2 aliphatic carbocycles. The third kappa shape index (κ3) is 5.64. The van der Waals surface area contributed by atoms with Gasteiger partial charge in [0.25, 0.3) is 5.92 Å². The van der Waals surface area contributed by atoms with Crippen molar-refractivity contribution in [1.82, 2.24) is 10.2 Å². The number of halogens is 2. The number of piperidine rings is 1. The second kappa shape index (κ2) is 11.2. The van der Waals surface area contributed by atoms with E-state index in [9.17, 15) is 18.4 Å². The first-order valence-corrected chi connectivity index (χ1v) is 14.9. The van der Waals surface area contributed by atoms with Crippen molar-refractivity contribution >= 4 is 11.7 Å². The number of rotatable bonds is 12. The van der Waals surface area contributed by atoms with Crippen LogP contribution in [0, 0.1) is 18.3 Å². The van der Waals surface area contributed by atoms with Gasteiger partial charge in [-0.2, -0.15) is 0 Å². The largest absolute Gasteiger partial charge is 0.465 e. The Morgan fingerprint density at radius 2 is 1.84 bits per heavy atom. The van der Waals surface area contributed by atoms with Crippen LogP contribution in [-0.2, 0) is 17.6 Å². The summed E-state index contributed by atoms with van der Waals surface area (Å²) in [5.74, 6) is -0.279. The fraction of sp³-hybridized carbons (Fsp3) is 0.742. The molecule has 0 spiro atoms. The minimum Gasteiger partial charge on any atom is -0.465 e. The highest BCUT2D eigenvalue weighted by Gasteiger charge is 2.60. The average Bonchev–Trinajstić information content (AvgIpc) is 3.56. The summed E-state index contributed by atoms with van der Waals surface area (Å²) >= 11 is 0. The number of ketones is 1. The first kappa shape index (κ1) is 27.5. The molecule has 2 bridgehead atoms. The number of amides is 1. The van der Waals surface area contributed by atoms with Crippen molar-refractivity contribution in [3.8, 4) is 0 Å². The molecular formula is C31H44F2N2O3. The van der Waals surface area contributed by atoms with Gasteiger partial charge in [0, 0.05) is 37.0 Å². The van der Waals surface area contributed by atoms with Crippen molar-refractivity contribution in [3.63, 3.8) is 0 Å². The number of unbranched alkanes of at least 4 members (excludes halogenated alkanes) is 1. The molecule has 1 aromatic heterocycles. The fourth-order valence-corrected chi connectivity index (χ4v) is 7.45. The van der Waals surface area contributed by atoms with Crippen LogP contribution < -0.4 is 5.32 Å². The molecule has 2 unspecified atom stereocenters. The average molecular weight is 531 g/mol. The van der Waals surface area contributed by atoms with Crippen molar-refractivity contribution in [2.24, 2.45) is 11.3 Å². The van der Waals surface area contributed by atoms with E-state index in [1.54, 1.807) is 6.92 Å². The van der Waals surface area contributed by atoms with Crippen LogP contribution in [0.5, 0.6) is 0 Å². The lowest BCUT2D eigenvalue weighted by molar-refractivity contribution is -0.124. The summed E-state index contributed by atoms with van der Waals surface area (Å²) in [6.45, 7) is 3.90. The monoisotopic (exact) mass is 530 g/mol. The number of allylic oxidation sites excluding steroid dienone is 2. The number of aryl methyl sites for hydroxylation is 2. The van der Waals surface area contributed by atoms with Gasteiger partial charge >= 0.3 is 0 Å². The van der Waals surface area contributed by atoms with Crippen LogP contribution in [0.15, 0.2) is 16.6 Å². The van der Waals surface area contributed by atoms with E-state index in [1.807, 2.05) is 6.92 Å². The highest BCUT2D eigenvalue weighted by molar-refractivity contribution is 5.98. The van der Waals surface area contributed by atoms with Gasteiger partial charge < -0.3 is 9.73 Å². The Labute approximate surface area is 225 Å². The van der Waals surface area contributed by atoms with Gasteiger partial charge in [0.05, 0.1) is 17.5 Å². The molecule has 210 valence electrons. The normalized spacial score (nSPS) is 26.5. The Kier molecular flexibility index (Phi) is 8.14. The Bertz CT molecular complexity index is 1040. The van der Waals surface area contributed by atoms with Crippen LogP contribution in [0.2, 0.25) is 0 Å². The fourth-order valence-electron chi connectivity index (χ4n) is 7.45. The van der Waals surface area contributed by atoms with Crippen molar-refractivity contribution in [3.05, 3.63) is 34.8 Å². The minimum absolute atomic E-state index is 0.0504. The lowest BCUT2D eigenvalue weighted by atomic mass is 9.86. The summed E-state index contributed by atoms with van der Waals surface area (Å²) in [6, 6.07) is 0.816. The highest BCUT2D eigenvalue weighted by Crippen LogP contribution is 2.57. The summed E-state index contributed by atoms with van der Waals surface area (Å²) < 4.78 is 34.7. The standard InChI is InChI=1S/C31H44F2N2O3/c1-3-14-31(32,33)30(15-16-30)20-34-28(37)19-35-23-12-13-24(35)18-22(17-23)8-4-6-10-26(36)29-21(2)38-27-11-7-5-9-25(27)29/h3,14,22-24H,4-13,15-20H2,1-2H3,(H,34,37)/b14-3+/t22?,23-,24?/m1/s1. The van der Waals surface area contributed by atoms with Crippen molar-refractivity contribution in [1.29, 1.82) is 0 Å². The Morgan fingerprint density at radius 3 is 2.53 bits per heavy atom. The maximum absolute atomic E-state index is 14.4. The number of nitrogens with one attached hydrogen (secondary N) is 1. The first-order chi connectivity index (χ1) is 18.2. The van der Waals surface area contributed by atoms with Gasteiger partial charge in [0.15, 0.2) is 5.78 Å². The van der Waals surface area contributed by atoms with Crippen LogP contribution >= 0.6 is 0 Å². The van der Waals surface area contributed by atoms with Gasteiger partial charge in [-0.1, -0.05) is 18.9 Å². The predicted octanol–water partition coefficient (Wildman–Crippen LogP) is 6.56. The number of hydrogen-bond donors (Lipinski definition) is 1. The molecule has 5 rings (SSSR count). The molecule has 1 saturated carbocycles. The van der Waals surface area contributed by atoms with Crippen LogP contribution in [-0.4, -0.2) is 47.7 Å². The molecule has 5 nitrogen and oxygen atoms in total. The number of carbonyl (C=O) groups is 2. The van der Waals surface area contributed by atoms with Crippen molar-refractivity contribution in [2.75, 3.05) is 13.1 Å². The van der Waals surface area contributed by atoms with E-state index in [0.717, 1.165) is 93.8 Å². The second-order valence-corrected chi connectivity index (χ2v) is 12.4. The predicted molar refractivity (Wildman–Crippen MR) is 144 cm³/mol. The van der Waals surface area contributed by atoms with E-state index in [4.69, 9.17) is 4.42 Å². The molecule has 38 heavy (non-hydrogen) atoms. The maximum Gasteiger partial charge on any atom is 0.273 e. The van der Waals surface area contributed by atoms with Crippen molar-refractivity contribution in [2.45, 2.75) is 122 Å². The van der Waals surface area contributed by atoms with E-state index in [0.29, 0.717) is 43.8 Å². The third-order valence-electron chi connectivity index (χ3n) is 9.76. The highest BCUT2D eigenvalue weighted by atomic mass is 19.3. The van der Waals surface area contributed by atoms with Gasteiger partial charge in [0.2, 0.25) is 5.91 Å². The minimum atomic E-state index is -2.87. The number of furan rings is 1. The van der Waals surface area contributed by atoms with E-state index in [-0.39, 0.29) is 18.2 Å². The number of nitrogens with zero attached hydrogens (tertiary/aromatic N) is 1. The Balaban J connectivity index is 1.04. The first-order valence-electron chi connectivity index (χ1n) is 14.9. The number of fused-ring (bicyclic) bond motifs is 3. The molecule has 3 fully saturated rings. The molecule has 2 saturated heterocycles. The lowest BCUT2D eigenvalue weighted by Gasteiger charge is -2.38. The van der Waals surface area contributed by atoms with E-state index in [2.05, 4.69) is 10.2 Å². The smallest absolute Gasteiger partial charge is 0.273 e. The van der Waals surface area contributed by atoms with E-state index in [1.165, 1.54) is 11.6 Å². The Hall–Kier alpha value is -2.02. The summed E-state index contributed by atoms with van der Waals surface area (Å²) in [4.78, 5) is 28.0. The van der Waals surface area contributed by atoms with Gasteiger partial charge in [-0.3, -0.25) is 14.5 Å². The number of carbonyl (C=O) groups excluding carboxylic acids is 2. The molecule has 0 aromatic carbocycles. The van der Waals surface area contributed by atoms with E-state index >= 15 is 0 Å². The van der Waals surface area contributed by atoms with Gasteiger partial charge in [-0.15, -0.1) is 0 Å². The zero-order valence-corrected chi connectivity index (χ0v) is 23.1.